The zero-order chi connectivity index (χ0) is 28.0. The molecule has 1 heterocycles. The molecule has 0 aromatic rings. The summed E-state index contributed by atoms with van der Waals surface area (Å²) in [5.41, 5.74) is 0. The van der Waals surface area contributed by atoms with E-state index in [2.05, 4.69) is 83.1 Å². The highest BCUT2D eigenvalue weighted by Crippen LogP contribution is 2.73. The Labute approximate surface area is 212 Å². The summed E-state index contributed by atoms with van der Waals surface area (Å²) in [6.45, 7) is 38.9. The van der Waals surface area contributed by atoms with Crippen molar-refractivity contribution in [3.05, 3.63) is 0 Å². The van der Waals surface area contributed by atoms with Crippen LogP contribution < -0.4 is 0 Å². The predicted molar refractivity (Wildman–Crippen MR) is 149 cm³/mol. The van der Waals surface area contributed by atoms with Gasteiger partial charge in [0.1, 0.15) is 7.59 Å². The Morgan fingerprint density at radius 1 is 0.500 bits per heavy atom. The zero-order valence-corrected chi connectivity index (χ0v) is 28.7. The number of hydrogen-bond acceptors (Lipinski definition) is 2. The van der Waals surface area contributed by atoms with Gasteiger partial charge in [-0.25, -0.2) is 4.57 Å². The van der Waals surface area contributed by atoms with Gasteiger partial charge < -0.3 is 4.12 Å². The van der Waals surface area contributed by atoms with Crippen LogP contribution in [0.1, 0.15) is 125 Å². The zero-order valence-electron chi connectivity index (χ0n) is 25.7. The molecule has 0 unspecified atom stereocenters. The molecule has 1 aliphatic heterocycles. The fraction of sp³-hybridized carbons (Fsp3) is 1.00. The molecule has 2 nitrogen and oxygen atoms in total. The summed E-state index contributed by atoms with van der Waals surface area (Å²) < 4.78 is 55.0. The number of nitrogens with zero attached hydrogens (tertiary/aromatic N) is 1. The molecular formula is C26H56F3NOSi3. The number of alkyl halides is 3. The lowest BCUT2D eigenvalue weighted by molar-refractivity contribution is -0.219. The first kappa shape index (κ1) is 32.4. The third-order valence-electron chi connectivity index (χ3n) is 8.69. The molecule has 1 fully saturated rings. The van der Waals surface area contributed by atoms with E-state index in [-0.39, 0.29) is 26.3 Å². The highest BCUT2D eigenvalue weighted by atomic mass is 29.3. The molecule has 1 aliphatic rings. The summed E-state index contributed by atoms with van der Waals surface area (Å²) >= 11 is 0. The summed E-state index contributed by atoms with van der Waals surface area (Å²) in [5.74, 6) is 0. The molecule has 204 valence electrons. The van der Waals surface area contributed by atoms with Gasteiger partial charge in [0.15, 0.2) is 7.83 Å². The summed E-state index contributed by atoms with van der Waals surface area (Å²) in [6, 6.07) is 0. The van der Waals surface area contributed by atoms with Crippen molar-refractivity contribution in [3.8, 4) is 0 Å². The fourth-order valence-electron chi connectivity index (χ4n) is 8.70. The van der Waals surface area contributed by atoms with E-state index in [0.717, 1.165) is 4.57 Å². The van der Waals surface area contributed by atoms with Gasteiger partial charge in [0.25, 0.3) is 8.48 Å². The van der Waals surface area contributed by atoms with Crippen molar-refractivity contribution >= 4 is 23.9 Å². The van der Waals surface area contributed by atoms with Crippen molar-refractivity contribution in [2.75, 3.05) is 6.17 Å². The minimum absolute atomic E-state index is 0.130. The van der Waals surface area contributed by atoms with Crippen molar-refractivity contribution in [3.63, 3.8) is 0 Å². The largest absolute Gasteiger partial charge is 0.455 e. The van der Waals surface area contributed by atoms with Crippen LogP contribution in [0.4, 0.5) is 13.2 Å². The van der Waals surface area contributed by atoms with E-state index >= 15 is 13.2 Å². The van der Waals surface area contributed by atoms with Crippen molar-refractivity contribution < 1.29 is 17.3 Å². The van der Waals surface area contributed by atoms with Gasteiger partial charge in [0.2, 0.25) is 0 Å². The molecule has 1 saturated heterocycles. The molecule has 0 radical (unpaired) electrons. The van der Waals surface area contributed by atoms with Crippen LogP contribution in [0.2, 0.25) is 30.2 Å². The van der Waals surface area contributed by atoms with Crippen LogP contribution in [-0.4, -0.2) is 40.9 Å². The Hall–Kier alpha value is 0.361. The molecule has 0 spiro atoms. The Morgan fingerprint density at radius 3 is 0.971 bits per heavy atom. The monoisotopic (exact) mass is 539 g/mol. The first-order chi connectivity index (χ1) is 14.3. The number of rotatable bonds is 0. The number of hydrogen-bond donors (Lipinski definition) is 0. The second-order valence-electron chi connectivity index (χ2n) is 16.9. The van der Waals surface area contributed by atoms with E-state index in [1.165, 1.54) is 0 Å². The Balaban J connectivity index is 4.64. The topological polar surface area (TPSA) is 12.5 Å². The van der Waals surface area contributed by atoms with E-state index in [4.69, 9.17) is 4.12 Å². The van der Waals surface area contributed by atoms with Gasteiger partial charge in [-0.3, -0.25) is 0 Å². The first-order valence-corrected chi connectivity index (χ1v) is 19.8. The molecule has 0 bridgehead atoms. The molecule has 1 rings (SSSR count). The molecular weight excluding hydrogens is 484 g/mol. The van der Waals surface area contributed by atoms with Crippen LogP contribution in [-0.2, 0) is 4.12 Å². The molecule has 0 aliphatic carbocycles. The van der Waals surface area contributed by atoms with Crippen LogP contribution in [0, 0.1) is 0 Å². The SMILES string of the molecule is CC(C)(C)[Si]1(C(C)(C)C)O[Si](C(C)(C)C)(C(C)(C)C)[Si](C(C)(C)C)(C(C)(C)C)CN1C(F)(F)F. The van der Waals surface area contributed by atoms with Crippen molar-refractivity contribution in [1.29, 1.82) is 0 Å². The van der Waals surface area contributed by atoms with Crippen molar-refractivity contribution in [2.24, 2.45) is 0 Å². The Morgan fingerprint density at radius 2 is 0.794 bits per heavy atom. The lowest BCUT2D eigenvalue weighted by atomic mass is 10.2. The van der Waals surface area contributed by atoms with Crippen LogP contribution in [0.15, 0.2) is 0 Å². The van der Waals surface area contributed by atoms with E-state index in [0.29, 0.717) is 0 Å². The van der Waals surface area contributed by atoms with Gasteiger partial charge in [-0.05, 0) is 36.4 Å². The maximum atomic E-state index is 15.4. The van der Waals surface area contributed by atoms with Crippen LogP contribution >= 0.6 is 0 Å². The fourth-order valence-corrected chi connectivity index (χ4v) is 51.9. The Bertz CT molecular complexity index is 710. The van der Waals surface area contributed by atoms with Crippen molar-refractivity contribution in [1.82, 2.24) is 4.57 Å². The molecule has 0 N–H and O–H groups in total. The van der Waals surface area contributed by atoms with E-state index in [1.807, 2.05) is 41.5 Å². The van der Waals surface area contributed by atoms with Gasteiger partial charge in [0.05, 0.1) is 0 Å². The number of halogens is 3. The third kappa shape index (κ3) is 4.27. The van der Waals surface area contributed by atoms with Crippen LogP contribution in [0.3, 0.4) is 0 Å². The van der Waals surface area contributed by atoms with Gasteiger partial charge in [-0.15, -0.1) is 0 Å². The molecule has 0 amide bonds. The molecule has 0 aromatic heterocycles. The van der Waals surface area contributed by atoms with E-state index in [1.54, 1.807) is 0 Å². The lowest BCUT2D eigenvalue weighted by Gasteiger charge is -2.77. The summed E-state index contributed by atoms with van der Waals surface area (Å²) in [6.07, 6.45) is -4.32. The van der Waals surface area contributed by atoms with E-state index in [9.17, 15) is 0 Å². The second kappa shape index (κ2) is 8.18. The first-order valence-electron chi connectivity index (χ1n) is 12.8. The quantitative estimate of drug-likeness (QED) is 0.224. The third-order valence-corrected chi connectivity index (χ3v) is 42.0. The predicted octanol–water partition coefficient (Wildman–Crippen LogP) is 10.1. The van der Waals surface area contributed by atoms with Gasteiger partial charge in [-0.2, -0.15) is 13.2 Å². The van der Waals surface area contributed by atoms with Crippen molar-refractivity contribution in [2.45, 2.75) is 161 Å². The molecule has 0 aromatic carbocycles. The van der Waals surface area contributed by atoms with E-state index < -0.39 is 40.3 Å². The van der Waals surface area contributed by atoms with Crippen LogP contribution in [0.5, 0.6) is 0 Å². The molecule has 0 atom stereocenters. The highest BCUT2D eigenvalue weighted by molar-refractivity contribution is 7.45. The standard InChI is InChI=1S/C26H56F3NOSi3/c1-20(2,3)32(21(4,5)6)19-30(26(27,28)29)33(22(7,8)9,23(10,11)12)31-34(32,24(13,14)15)25(16,17)18/h19H2,1-18H3. The van der Waals surface area contributed by atoms with Crippen LogP contribution in [0.25, 0.3) is 0 Å². The minimum Gasteiger partial charge on any atom is -0.444 e. The summed E-state index contributed by atoms with van der Waals surface area (Å²) in [7, 11) is -9.50. The molecule has 34 heavy (non-hydrogen) atoms. The normalized spacial score (nSPS) is 23.2. The maximum Gasteiger partial charge on any atom is 0.455 e. The lowest BCUT2D eigenvalue weighted by Crippen LogP contribution is -2.93. The average Bonchev–Trinajstić information content (AvgIpc) is 2.45. The molecule has 8 heteroatoms. The average molecular weight is 540 g/mol. The summed E-state index contributed by atoms with van der Waals surface area (Å²) in [5, 5.41) is -2.29. The van der Waals surface area contributed by atoms with Gasteiger partial charge >= 0.3 is 6.30 Å². The summed E-state index contributed by atoms with van der Waals surface area (Å²) in [4.78, 5) is 0. The maximum absolute atomic E-state index is 15.4. The molecule has 0 saturated carbocycles. The smallest absolute Gasteiger partial charge is 0.444 e. The minimum atomic E-state index is -4.45. The van der Waals surface area contributed by atoms with Gasteiger partial charge in [0, 0.05) is 0 Å². The van der Waals surface area contributed by atoms with Gasteiger partial charge in [-0.1, -0.05) is 125 Å². The Kier molecular flexibility index (Phi) is 7.79. The highest BCUT2D eigenvalue weighted by Gasteiger charge is 2.84. The second-order valence-corrected chi connectivity index (χ2v) is 36.7.